The Morgan fingerprint density at radius 1 is 0.515 bits per heavy atom. The van der Waals surface area contributed by atoms with Crippen molar-refractivity contribution in [2.45, 2.75) is 163 Å². The Balaban J connectivity index is 1.70. The molecule has 66 heavy (non-hydrogen) atoms. The maximum atomic E-state index is 15.6. The van der Waals surface area contributed by atoms with Crippen LogP contribution in [0.3, 0.4) is 0 Å². The summed E-state index contributed by atoms with van der Waals surface area (Å²) in [6.07, 6.45) is 0. The van der Waals surface area contributed by atoms with E-state index < -0.39 is 73.5 Å². The number of carbonyl (C=O) groups is 2. The molecule has 0 spiro atoms. The van der Waals surface area contributed by atoms with Crippen LogP contribution in [0.1, 0.15) is 55.2 Å². The summed E-state index contributed by atoms with van der Waals surface area (Å²) >= 11 is 0. The lowest BCUT2D eigenvalue weighted by molar-refractivity contribution is -0.122. The van der Waals surface area contributed by atoms with Crippen molar-refractivity contribution in [2.75, 3.05) is 4.90 Å². The van der Waals surface area contributed by atoms with Crippen LogP contribution in [0.15, 0.2) is 91.0 Å². The van der Waals surface area contributed by atoms with Crippen molar-refractivity contribution < 1.29 is 9.59 Å². The van der Waals surface area contributed by atoms with E-state index >= 15 is 9.59 Å². The highest BCUT2D eigenvalue weighted by Gasteiger charge is 2.68. The number of amides is 2. The van der Waals surface area contributed by atoms with Gasteiger partial charge in [0.15, 0.2) is 0 Å². The SMILES string of the molecule is C[Si](C)(C)C(c1cc(C([Si](C)(C)C)([Si](C)(C)C)[Si](C)(C)C)cc(C([Si](C)(C)C)[Si](C)(C)C)c1P=PC12c3ccccc3C(c3ccccc31)[C@H]1C(=O)N(c3ccccc3)C(=O)[C@H]12)[Si](C)(C)C. The third-order valence-electron chi connectivity index (χ3n) is 16.0. The first kappa shape index (κ1) is 52.0. The number of benzene rings is 4. The van der Waals surface area contributed by atoms with Crippen LogP contribution in [-0.2, 0) is 19.0 Å². The molecular formula is C54H83NO2P2Si7. The van der Waals surface area contributed by atoms with Gasteiger partial charge in [-0.3, -0.25) is 9.59 Å². The molecule has 2 atom stereocenters. The van der Waals surface area contributed by atoms with E-state index in [9.17, 15) is 0 Å². The Hall–Kier alpha value is -1.86. The predicted molar refractivity (Wildman–Crippen MR) is 312 cm³/mol. The molecule has 0 saturated carbocycles. The molecule has 354 valence electrons. The largest absolute Gasteiger partial charge is 0.274 e. The maximum Gasteiger partial charge on any atom is 0.239 e. The first-order valence-electron chi connectivity index (χ1n) is 24.8. The van der Waals surface area contributed by atoms with Gasteiger partial charge >= 0.3 is 0 Å². The minimum atomic E-state index is -1.88. The summed E-state index contributed by atoms with van der Waals surface area (Å²) in [4.78, 5) is 32.4. The van der Waals surface area contributed by atoms with Crippen molar-refractivity contribution in [1.82, 2.24) is 0 Å². The first-order chi connectivity index (χ1) is 30.1. The Labute approximate surface area is 411 Å². The van der Waals surface area contributed by atoms with Crippen molar-refractivity contribution in [2.24, 2.45) is 11.8 Å². The summed E-state index contributed by atoms with van der Waals surface area (Å²) in [6, 6.07) is 33.5. The van der Waals surface area contributed by atoms with Gasteiger partial charge in [-0.05, 0) is 73.6 Å². The molecule has 1 saturated heterocycles. The number of carbonyl (C=O) groups excluding carboxylic acids is 2. The van der Waals surface area contributed by atoms with Gasteiger partial charge in [0, 0.05) is 67.7 Å². The number of para-hydroxylation sites is 1. The Bertz CT molecular complexity index is 2420. The summed E-state index contributed by atoms with van der Waals surface area (Å²) in [5.41, 5.74) is 10.7. The van der Waals surface area contributed by atoms with Crippen LogP contribution in [0.2, 0.25) is 137 Å². The number of hydrogen-bond donors (Lipinski definition) is 0. The topological polar surface area (TPSA) is 37.4 Å². The summed E-state index contributed by atoms with van der Waals surface area (Å²) in [5, 5.41) is 1.98. The number of imide groups is 1. The molecule has 4 aliphatic rings. The lowest BCUT2D eigenvalue weighted by Crippen LogP contribution is -2.74. The van der Waals surface area contributed by atoms with Gasteiger partial charge in [0.2, 0.25) is 11.8 Å². The van der Waals surface area contributed by atoms with E-state index in [1.165, 1.54) is 38.0 Å². The summed E-state index contributed by atoms with van der Waals surface area (Å²) < 4.78 is 0.236. The van der Waals surface area contributed by atoms with Crippen molar-refractivity contribution in [3.05, 3.63) is 130 Å². The second kappa shape index (κ2) is 16.9. The Morgan fingerprint density at radius 3 is 1.27 bits per heavy atom. The molecule has 0 unspecified atom stereocenters. The lowest BCUT2D eigenvalue weighted by Gasteiger charge is -2.60. The first-order valence-corrected chi connectivity index (χ1v) is 52.1. The second-order valence-electron chi connectivity index (χ2n) is 27.8. The third-order valence-corrected chi connectivity index (χ3v) is 59.4. The van der Waals surface area contributed by atoms with E-state index in [0.717, 1.165) is 0 Å². The second-order valence-corrected chi connectivity index (χ2v) is 70.2. The summed E-state index contributed by atoms with van der Waals surface area (Å²) in [7, 11) is -10.6. The zero-order valence-electron chi connectivity index (χ0n) is 44.7. The molecule has 2 bridgehead atoms. The number of rotatable bonds is 13. The predicted octanol–water partition coefficient (Wildman–Crippen LogP) is 15.9. The fourth-order valence-electron chi connectivity index (χ4n) is 16.5. The van der Waals surface area contributed by atoms with Gasteiger partial charge in [-0.15, -0.1) is 0 Å². The quantitative estimate of drug-likeness (QED) is 0.0760. The molecule has 4 aromatic carbocycles. The van der Waals surface area contributed by atoms with Gasteiger partial charge in [-0.2, -0.15) is 0 Å². The van der Waals surface area contributed by atoms with Crippen LogP contribution >= 0.6 is 15.7 Å². The van der Waals surface area contributed by atoms with Gasteiger partial charge in [0.25, 0.3) is 0 Å². The number of anilines is 1. The van der Waals surface area contributed by atoms with E-state index in [1.807, 2.05) is 30.3 Å². The average molecular weight is 1040 g/mol. The smallest absolute Gasteiger partial charge is 0.239 e. The molecule has 2 amide bonds. The molecule has 0 N–H and O–H groups in total. The van der Waals surface area contributed by atoms with Gasteiger partial charge in [0.05, 0.1) is 22.7 Å². The van der Waals surface area contributed by atoms with Crippen LogP contribution in [-0.4, -0.2) is 68.3 Å². The molecule has 3 nitrogen and oxygen atoms in total. The van der Waals surface area contributed by atoms with Gasteiger partial charge < -0.3 is 0 Å². The normalized spacial score (nSPS) is 21.9. The highest BCUT2D eigenvalue weighted by Crippen LogP contribution is 2.69. The van der Waals surface area contributed by atoms with Crippen molar-refractivity contribution in [3.8, 4) is 0 Å². The standard InChI is InChI=1S/C54H83NO2P2Si7/c1-60(2,3)51(61(4,5)6)41-35-37(54(64(13,14)15,65(16,17)18)66(19,20)21)36-42(52(62(7,8)9)63(10,11)12)48(41)58-59-53-43-33-27-25-31-39(43)45(40-32-26-28-34-44(40)53)46-47(53)50(57)55(49(46)56)38-29-23-22-24-30-38/h22-36,45-47,51-52H,1-21H3/t45?,46-,47+,53?/m1/s1. The van der Waals surface area contributed by atoms with Crippen molar-refractivity contribution in [1.29, 1.82) is 0 Å². The molecule has 8 rings (SSSR count). The number of hydrogen-bond acceptors (Lipinski definition) is 2. The molecule has 0 radical (unpaired) electrons. The zero-order valence-corrected chi connectivity index (χ0v) is 53.5. The highest BCUT2D eigenvalue weighted by molar-refractivity contribution is 7.88. The maximum absolute atomic E-state index is 15.6. The van der Waals surface area contributed by atoms with Crippen LogP contribution in [0.25, 0.3) is 0 Å². The van der Waals surface area contributed by atoms with Crippen LogP contribution in [0, 0.1) is 11.8 Å². The van der Waals surface area contributed by atoms with Gasteiger partial charge in [-0.1, -0.05) is 224 Å². The van der Waals surface area contributed by atoms with Crippen LogP contribution < -0.4 is 10.2 Å². The van der Waals surface area contributed by atoms with E-state index in [2.05, 4.69) is 198 Å². The fraction of sp³-hybridized carbons (Fsp3) is 0.519. The van der Waals surface area contributed by atoms with Crippen LogP contribution in [0.5, 0.6) is 0 Å². The highest BCUT2D eigenvalue weighted by atomic mass is 31.7. The Kier molecular flexibility index (Phi) is 13.3. The molecule has 0 aromatic heterocycles. The summed E-state index contributed by atoms with van der Waals surface area (Å²) in [5.74, 6) is -1.17. The monoisotopic (exact) mass is 1040 g/mol. The van der Waals surface area contributed by atoms with E-state index in [4.69, 9.17) is 0 Å². The minimum absolute atomic E-state index is 0.0296. The molecule has 4 aromatic rings. The lowest BCUT2D eigenvalue weighted by atomic mass is 9.54. The van der Waals surface area contributed by atoms with Crippen molar-refractivity contribution in [3.63, 3.8) is 0 Å². The van der Waals surface area contributed by atoms with Crippen molar-refractivity contribution >= 4 is 95.1 Å². The average Bonchev–Trinajstić information content (AvgIpc) is 3.41. The third kappa shape index (κ3) is 8.12. The van der Waals surface area contributed by atoms with E-state index in [1.54, 1.807) is 26.9 Å². The molecule has 1 heterocycles. The van der Waals surface area contributed by atoms with E-state index in [0.29, 0.717) is 16.0 Å². The number of nitrogens with zero attached hydrogens (tertiary/aromatic N) is 1. The van der Waals surface area contributed by atoms with Crippen LogP contribution in [0.4, 0.5) is 5.69 Å². The summed E-state index contributed by atoms with van der Waals surface area (Å²) in [6.45, 7) is 56.5. The minimum Gasteiger partial charge on any atom is -0.274 e. The molecule has 12 heteroatoms. The fourth-order valence-corrected chi connectivity index (χ4v) is 76.8. The molecule has 1 fully saturated rings. The molecule has 3 aliphatic carbocycles. The van der Waals surface area contributed by atoms with Gasteiger partial charge in [-0.25, -0.2) is 4.90 Å². The Morgan fingerprint density at radius 2 is 0.894 bits per heavy atom. The zero-order chi connectivity index (χ0) is 49.3. The van der Waals surface area contributed by atoms with E-state index in [-0.39, 0.29) is 22.0 Å². The van der Waals surface area contributed by atoms with Gasteiger partial charge in [0.1, 0.15) is 0 Å². The molecular weight excluding hydrogens is 953 g/mol. The molecule has 1 aliphatic heterocycles.